The third-order valence-electron chi connectivity index (χ3n) is 1.39. The molecule has 1 atom stereocenters. The molecule has 1 fully saturated rings. The van der Waals surface area contributed by atoms with Crippen molar-refractivity contribution < 1.29 is 13.6 Å². The third kappa shape index (κ3) is 1.01. The van der Waals surface area contributed by atoms with Gasteiger partial charge in [-0.2, -0.15) is 0 Å². The van der Waals surface area contributed by atoms with Crippen molar-refractivity contribution in [3.8, 4) is 0 Å². The average molecular weight is 135 g/mol. The van der Waals surface area contributed by atoms with Crippen molar-refractivity contribution in [1.82, 2.24) is 5.32 Å². The lowest BCUT2D eigenvalue weighted by Gasteiger charge is -1.94. The second-order valence-electron chi connectivity index (χ2n) is 2.13. The zero-order valence-corrected chi connectivity index (χ0v) is 4.95. The fourth-order valence-electron chi connectivity index (χ4n) is 0.672. The summed E-state index contributed by atoms with van der Waals surface area (Å²) in [6.07, 6.45) is -0.285. The Hall–Kier alpha value is -0.670. The minimum Gasteiger partial charge on any atom is -0.359 e. The smallest absolute Gasteiger partial charge is 0.260 e. The van der Waals surface area contributed by atoms with Crippen LogP contribution in [-0.4, -0.2) is 18.9 Å². The maximum atomic E-state index is 12.0. The summed E-state index contributed by atoms with van der Waals surface area (Å²) >= 11 is 0. The molecule has 2 nitrogen and oxygen atoms in total. The van der Waals surface area contributed by atoms with Gasteiger partial charge in [0.1, 0.15) is 5.92 Å². The van der Waals surface area contributed by atoms with E-state index in [0.717, 1.165) is 0 Å². The molecule has 1 rings (SSSR count). The Morgan fingerprint density at radius 1 is 1.78 bits per heavy atom. The van der Waals surface area contributed by atoms with Gasteiger partial charge >= 0.3 is 0 Å². The van der Waals surface area contributed by atoms with Crippen molar-refractivity contribution in [2.45, 2.75) is 12.3 Å². The molecule has 0 heterocycles. The number of halogens is 2. The lowest BCUT2D eigenvalue weighted by atomic mass is 10.4. The van der Waals surface area contributed by atoms with Crippen molar-refractivity contribution in [3.63, 3.8) is 0 Å². The van der Waals surface area contributed by atoms with Crippen LogP contribution < -0.4 is 5.32 Å². The van der Waals surface area contributed by atoms with Gasteiger partial charge < -0.3 is 5.32 Å². The lowest BCUT2D eigenvalue weighted by molar-refractivity contribution is -0.123. The molecule has 1 aliphatic rings. The molecule has 0 bridgehead atoms. The SMILES string of the molecule is CNC(=O)[C@H]1CC1(F)F. The fraction of sp³-hybridized carbons (Fsp3) is 0.800. The summed E-state index contributed by atoms with van der Waals surface area (Å²) in [7, 11) is 1.36. The topological polar surface area (TPSA) is 29.1 Å². The number of rotatable bonds is 1. The van der Waals surface area contributed by atoms with Gasteiger partial charge in [0.05, 0.1) is 0 Å². The van der Waals surface area contributed by atoms with Crippen LogP contribution in [0.2, 0.25) is 0 Å². The molecule has 52 valence electrons. The summed E-state index contributed by atoms with van der Waals surface area (Å²) in [6, 6.07) is 0. The number of carbonyl (C=O) groups is 1. The molecule has 0 aliphatic heterocycles. The van der Waals surface area contributed by atoms with Gasteiger partial charge in [0.15, 0.2) is 0 Å². The van der Waals surface area contributed by atoms with E-state index < -0.39 is 17.7 Å². The predicted molar refractivity (Wildman–Crippen MR) is 27.1 cm³/mol. The molecule has 0 aromatic rings. The molecule has 0 saturated heterocycles. The summed E-state index contributed by atoms with van der Waals surface area (Å²) in [5.41, 5.74) is 0. The quantitative estimate of drug-likeness (QED) is 0.553. The molecule has 0 unspecified atom stereocenters. The minimum absolute atomic E-state index is 0.285. The summed E-state index contributed by atoms with van der Waals surface area (Å²) in [5, 5.41) is 2.16. The van der Waals surface area contributed by atoms with Crippen molar-refractivity contribution in [1.29, 1.82) is 0 Å². The Labute approximate surface area is 51.2 Å². The van der Waals surface area contributed by atoms with Gasteiger partial charge in [0.2, 0.25) is 5.91 Å². The molecule has 9 heavy (non-hydrogen) atoms. The zero-order valence-electron chi connectivity index (χ0n) is 4.95. The lowest BCUT2D eigenvalue weighted by Crippen LogP contribution is -2.22. The molecule has 4 heteroatoms. The third-order valence-corrected chi connectivity index (χ3v) is 1.39. The van der Waals surface area contributed by atoms with Crippen LogP contribution in [0.25, 0.3) is 0 Å². The number of amides is 1. The molecule has 1 aliphatic carbocycles. The number of hydrogen-bond donors (Lipinski definition) is 1. The maximum Gasteiger partial charge on any atom is 0.260 e. The first kappa shape index (κ1) is 6.45. The molecule has 0 aromatic carbocycles. The van der Waals surface area contributed by atoms with Crippen LogP contribution in [0.5, 0.6) is 0 Å². The van der Waals surface area contributed by atoms with Crippen molar-refractivity contribution >= 4 is 5.91 Å². The Balaban J connectivity index is 2.42. The summed E-state index contributed by atoms with van der Waals surface area (Å²) < 4.78 is 23.9. The van der Waals surface area contributed by atoms with E-state index in [1.807, 2.05) is 0 Å². The van der Waals surface area contributed by atoms with Crippen LogP contribution in [0.4, 0.5) is 8.78 Å². The molecule has 1 amide bonds. The minimum atomic E-state index is -2.72. The highest BCUT2D eigenvalue weighted by Crippen LogP contribution is 2.48. The first-order chi connectivity index (χ1) is 4.08. The highest BCUT2D eigenvalue weighted by molar-refractivity contribution is 5.82. The van der Waals surface area contributed by atoms with Gasteiger partial charge in [0.25, 0.3) is 5.92 Å². The fourth-order valence-corrected chi connectivity index (χ4v) is 0.672. The Morgan fingerprint density at radius 2 is 2.22 bits per heavy atom. The van der Waals surface area contributed by atoms with Gasteiger partial charge in [-0.25, -0.2) is 8.78 Å². The Morgan fingerprint density at radius 3 is 2.33 bits per heavy atom. The van der Waals surface area contributed by atoms with E-state index in [1.54, 1.807) is 0 Å². The summed E-state index contributed by atoms with van der Waals surface area (Å²) in [6.45, 7) is 0. The number of alkyl halides is 2. The van der Waals surface area contributed by atoms with E-state index in [-0.39, 0.29) is 6.42 Å². The number of carbonyl (C=O) groups excluding carboxylic acids is 1. The molecular formula is C5H7F2NO. The van der Waals surface area contributed by atoms with E-state index >= 15 is 0 Å². The van der Waals surface area contributed by atoms with Gasteiger partial charge in [0, 0.05) is 13.5 Å². The molecular weight excluding hydrogens is 128 g/mol. The monoisotopic (exact) mass is 135 g/mol. The largest absolute Gasteiger partial charge is 0.359 e. The van der Waals surface area contributed by atoms with E-state index in [1.165, 1.54) is 7.05 Å². The van der Waals surface area contributed by atoms with E-state index in [0.29, 0.717) is 0 Å². The zero-order chi connectivity index (χ0) is 7.07. The highest BCUT2D eigenvalue weighted by atomic mass is 19.3. The van der Waals surface area contributed by atoms with Gasteiger partial charge in [-0.05, 0) is 0 Å². The second kappa shape index (κ2) is 1.65. The second-order valence-corrected chi connectivity index (χ2v) is 2.13. The molecule has 1 N–H and O–H groups in total. The van der Waals surface area contributed by atoms with Gasteiger partial charge in [-0.3, -0.25) is 4.79 Å². The predicted octanol–water partition coefficient (Wildman–Crippen LogP) is 0.388. The van der Waals surface area contributed by atoms with Crippen LogP contribution in [0.15, 0.2) is 0 Å². The van der Waals surface area contributed by atoms with Crippen LogP contribution in [0.3, 0.4) is 0 Å². The summed E-state index contributed by atoms with van der Waals surface area (Å²) in [5.74, 6) is -4.33. The van der Waals surface area contributed by atoms with Crippen molar-refractivity contribution in [3.05, 3.63) is 0 Å². The standard InChI is InChI=1S/C5H7F2NO/c1-8-4(9)3-2-5(3,6)7/h3H,2H2,1H3,(H,8,9)/t3-/m1/s1. The van der Waals surface area contributed by atoms with Crippen LogP contribution in [0.1, 0.15) is 6.42 Å². The van der Waals surface area contributed by atoms with E-state index in [2.05, 4.69) is 5.32 Å². The molecule has 0 aromatic heterocycles. The number of nitrogens with one attached hydrogen (secondary N) is 1. The van der Waals surface area contributed by atoms with E-state index in [4.69, 9.17) is 0 Å². The number of hydrogen-bond acceptors (Lipinski definition) is 1. The van der Waals surface area contributed by atoms with Gasteiger partial charge in [-0.15, -0.1) is 0 Å². The maximum absolute atomic E-state index is 12.0. The van der Waals surface area contributed by atoms with Crippen LogP contribution >= 0.6 is 0 Å². The average Bonchev–Trinajstić information content (AvgIpc) is 2.38. The van der Waals surface area contributed by atoms with Crippen LogP contribution in [-0.2, 0) is 4.79 Å². The Kier molecular flexibility index (Phi) is 1.18. The van der Waals surface area contributed by atoms with Crippen LogP contribution in [0, 0.1) is 5.92 Å². The Bertz CT molecular complexity index is 146. The summed E-state index contributed by atoms with van der Waals surface area (Å²) in [4.78, 5) is 10.4. The normalized spacial score (nSPS) is 29.4. The molecule has 0 spiro atoms. The van der Waals surface area contributed by atoms with E-state index in [9.17, 15) is 13.6 Å². The molecule has 0 radical (unpaired) electrons. The highest BCUT2D eigenvalue weighted by Gasteiger charge is 2.60. The van der Waals surface area contributed by atoms with Crippen molar-refractivity contribution in [2.24, 2.45) is 5.92 Å². The van der Waals surface area contributed by atoms with Crippen molar-refractivity contribution in [2.75, 3.05) is 7.05 Å². The van der Waals surface area contributed by atoms with Gasteiger partial charge in [-0.1, -0.05) is 0 Å². The first-order valence-electron chi connectivity index (χ1n) is 2.67. The first-order valence-corrected chi connectivity index (χ1v) is 2.67. The molecule has 1 saturated carbocycles.